The number of allylic oxidation sites excluding steroid dienone is 2. The molecule has 3 heteroatoms. The number of carbonyl (C=O) groups is 1. The Kier molecular flexibility index (Phi) is 10.2. The molecule has 0 amide bonds. The zero-order valence-corrected chi connectivity index (χ0v) is 17.5. The van der Waals surface area contributed by atoms with E-state index in [2.05, 4.69) is 31.2 Å². The van der Waals surface area contributed by atoms with Gasteiger partial charge in [-0.25, -0.2) is 0 Å². The first-order valence-electron chi connectivity index (χ1n) is 10.8. The maximum absolute atomic E-state index is 11.5. The number of unbranched alkanes of at least 4 members (excludes halogenated alkanes) is 5. The van der Waals surface area contributed by atoms with E-state index in [0.29, 0.717) is 0 Å². The molecule has 1 unspecified atom stereocenters. The first-order valence-corrected chi connectivity index (χ1v) is 10.8. The van der Waals surface area contributed by atoms with Gasteiger partial charge in [-0.05, 0) is 54.9 Å². The van der Waals surface area contributed by atoms with Crippen LogP contribution in [0.5, 0.6) is 5.75 Å². The summed E-state index contributed by atoms with van der Waals surface area (Å²) < 4.78 is 0. The van der Waals surface area contributed by atoms with Crippen LogP contribution >= 0.6 is 0 Å². The highest BCUT2D eigenvalue weighted by atomic mass is 16.3. The van der Waals surface area contributed by atoms with Crippen molar-refractivity contribution in [3.63, 3.8) is 0 Å². The topological polar surface area (TPSA) is 57.5 Å². The lowest BCUT2D eigenvalue weighted by Gasteiger charge is -2.11. The van der Waals surface area contributed by atoms with E-state index in [1.165, 1.54) is 31.2 Å². The van der Waals surface area contributed by atoms with Gasteiger partial charge in [0.1, 0.15) is 12.0 Å². The summed E-state index contributed by atoms with van der Waals surface area (Å²) in [6.07, 6.45) is 13.4. The van der Waals surface area contributed by atoms with E-state index in [1.54, 1.807) is 6.07 Å². The van der Waals surface area contributed by atoms with Gasteiger partial charge in [-0.3, -0.25) is 0 Å². The number of hydrogen-bond acceptors (Lipinski definition) is 3. The van der Waals surface area contributed by atoms with Crippen LogP contribution in [0.4, 0.5) is 0 Å². The normalized spacial score (nSPS) is 12.3. The van der Waals surface area contributed by atoms with Gasteiger partial charge in [0.15, 0.2) is 0 Å². The van der Waals surface area contributed by atoms with Crippen molar-refractivity contribution in [3.05, 3.63) is 65.7 Å². The SMILES string of the molecule is CCCCCCc1ccc(-c2ccc(C(C=O)/C=C\CCCCO)cc2O)cc1. The van der Waals surface area contributed by atoms with E-state index in [0.717, 1.165) is 48.7 Å². The first-order chi connectivity index (χ1) is 14.2. The molecule has 0 saturated heterocycles. The van der Waals surface area contributed by atoms with Crippen molar-refractivity contribution in [1.29, 1.82) is 0 Å². The average molecular weight is 395 g/mol. The average Bonchev–Trinajstić information content (AvgIpc) is 2.74. The Morgan fingerprint density at radius 1 is 0.966 bits per heavy atom. The van der Waals surface area contributed by atoms with Crippen molar-refractivity contribution in [2.24, 2.45) is 0 Å². The Morgan fingerprint density at radius 2 is 1.76 bits per heavy atom. The number of phenols is 1. The maximum atomic E-state index is 11.5. The third-order valence-corrected chi connectivity index (χ3v) is 5.26. The van der Waals surface area contributed by atoms with Crippen LogP contribution in [0.15, 0.2) is 54.6 Å². The van der Waals surface area contributed by atoms with Crippen molar-refractivity contribution in [2.45, 2.75) is 64.2 Å². The van der Waals surface area contributed by atoms with Crippen LogP contribution < -0.4 is 0 Å². The molecular formula is C26H34O3. The van der Waals surface area contributed by atoms with Gasteiger partial charge < -0.3 is 15.0 Å². The van der Waals surface area contributed by atoms with Gasteiger partial charge in [0.2, 0.25) is 0 Å². The molecule has 0 spiro atoms. The second-order valence-corrected chi connectivity index (χ2v) is 7.59. The fourth-order valence-corrected chi connectivity index (χ4v) is 3.46. The molecule has 156 valence electrons. The van der Waals surface area contributed by atoms with Crippen molar-refractivity contribution < 1.29 is 15.0 Å². The summed E-state index contributed by atoms with van der Waals surface area (Å²) in [6.45, 7) is 2.42. The first kappa shape index (κ1) is 22.9. The molecule has 2 rings (SSSR count). The minimum atomic E-state index is -0.366. The number of aliphatic hydroxyl groups excluding tert-OH is 1. The Labute approximate surface area is 175 Å². The number of rotatable bonds is 13. The number of aryl methyl sites for hydroxylation is 1. The Balaban J connectivity index is 2.03. The number of aromatic hydroxyl groups is 1. The fraction of sp³-hybridized carbons (Fsp3) is 0.423. The largest absolute Gasteiger partial charge is 0.507 e. The molecule has 0 heterocycles. The highest BCUT2D eigenvalue weighted by Crippen LogP contribution is 2.32. The zero-order valence-electron chi connectivity index (χ0n) is 17.5. The molecule has 0 aliphatic rings. The third-order valence-electron chi connectivity index (χ3n) is 5.26. The Morgan fingerprint density at radius 3 is 2.41 bits per heavy atom. The van der Waals surface area contributed by atoms with Crippen molar-refractivity contribution in [1.82, 2.24) is 0 Å². The van der Waals surface area contributed by atoms with Crippen molar-refractivity contribution in [3.8, 4) is 16.9 Å². The molecule has 0 aliphatic carbocycles. The number of benzene rings is 2. The smallest absolute Gasteiger partial charge is 0.131 e. The molecule has 0 bridgehead atoms. The van der Waals surface area contributed by atoms with Gasteiger partial charge in [-0.1, -0.05) is 74.7 Å². The lowest BCUT2D eigenvalue weighted by Crippen LogP contribution is -1.97. The van der Waals surface area contributed by atoms with E-state index in [9.17, 15) is 9.90 Å². The molecule has 2 N–H and O–H groups in total. The van der Waals surface area contributed by atoms with Gasteiger partial charge in [0.05, 0.1) is 5.92 Å². The van der Waals surface area contributed by atoms with Crippen LogP contribution in [0.25, 0.3) is 11.1 Å². The fourth-order valence-electron chi connectivity index (χ4n) is 3.46. The summed E-state index contributed by atoms with van der Waals surface area (Å²) in [5.41, 5.74) is 3.87. The molecule has 0 radical (unpaired) electrons. The lowest BCUT2D eigenvalue weighted by molar-refractivity contribution is -0.108. The summed E-state index contributed by atoms with van der Waals surface area (Å²) in [5, 5.41) is 19.3. The van der Waals surface area contributed by atoms with Gasteiger partial charge >= 0.3 is 0 Å². The molecule has 2 aromatic carbocycles. The van der Waals surface area contributed by atoms with E-state index in [4.69, 9.17) is 5.11 Å². The second kappa shape index (κ2) is 12.9. The standard InChI is InChI=1S/C26H34O3/c1-2-3-4-7-10-21-12-14-22(15-13-21)25-17-16-23(19-26(25)29)24(20-28)11-8-5-6-9-18-27/h8,11-17,19-20,24,27,29H,2-7,9-10,18H2,1H3/b11-8-. The minimum absolute atomic E-state index is 0.193. The quantitative estimate of drug-likeness (QED) is 0.242. The summed E-state index contributed by atoms with van der Waals surface area (Å²) in [7, 11) is 0. The molecule has 0 fully saturated rings. The molecule has 0 aliphatic heterocycles. The van der Waals surface area contributed by atoms with Crippen LogP contribution in [0, 0.1) is 0 Å². The van der Waals surface area contributed by atoms with E-state index in [1.807, 2.05) is 24.3 Å². The Hall–Kier alpha value is -2.39. The molecule has 0 saturated carbocycles. The summed E-state index contributed by atoms with van der Waals surface area (Å²) >= 11 is 0. The van der Waals surface area contributed by atoms with Gasteiger partial charge in [0, 0.05) is 12.2 Å². The van der Waals surface area contributed by atoms with Crippen LogP contribution in [0.3, 0.4) is 0 Å². The van der Waals surface area contributed by atoms with Crippen molar-refractivity contribution >= 4 is 6.29 Å². The van der Waals surface area contributed by atoms with Gasteiger partial charge in [-0.2, -0.15) is 0 Å². The van der Waals surface area contributed by atoms with Crippen LogP contribution in [0.1, 0.15) is 68.9 Å². The highest BCUT2D eigenvalue weighted by molar-refractivity contribution is 5.73. The summed E-state index contributed by atoms with van der Waals surface area (Å²) in [4.78, 5) is 11.5. The Bertz CT molecular complexity index is 762. The van der Waals surface area contributed by atoms with E-state index >= 15 is 0 Å². The van der Waals surface area contributed by atoms with Crippen LogP contribution in [-0.2, 0) is 11.2 Å². The van der Waals surface area contributed by atoms with Gasteiger partial charge in [0.25, 0.3) is 0 Å². The summed E-state index contributed by atoms with van der Waals surface area (Å²) in [5.74, 6) is -0.173. The number of carbonyl (C=O) groups excluding carboxylic acids is 1. The number of phenolic OH excluding ortho intramolecular Hbond substituents is 1. The summed E-state index contributed by atoms with van der Waals surface area (Å²) in [6, 6.07) is 13.9. The van der Waals surface area contributed by atoms with Gasteiger partial charge in [-0.15, -0.1) is 0 Å². The van der Waals surface area contributed by atoms with E-state index < -0.39 is 0 Å². The zero-order chi connectivity index (χ0) is 20.9. The molecule has 3 nitrogen and oxygen atoms in total. The molecular weight excluding hydrogens is 360 g/mol. The number of aliphatic hydroxyl groups is 1. The molecule has 0 aromatic heterocycles. The number of hydrogen-bond donors (Lipinski definition) is 2. The predicted octanol–water partition coefficient (Wildman–Crippen LogP) is 6.18. The molecule has 29 heavy (non-hydrogen) atoms. The monoisotopic (exact) mass is 394 g/mol. The van der Waals surface area contributed by atoms with Crippen LogP contribution in [-0.4, -0.2) is 23.1 Å². The van der Waals surface area contributed by atoms with Crippen LogP contribution in [0.2, 0.25) is 0 Å². The predicted molar refractivity (Wildman–Crippen MR) is 120 cm³/mol. The molecule has 2 aromatic rings. The number of aldehydes is 1. The highest BCUT2D eigenvalue weighted by Gasteiger charge is 2.11. The van der Waals surface area contributed by atoms with E-state index in [-0.39, 0.29) is 18.3 Å². The van der Waals surface area contributed by atoms with Crippen molar-refractivity contribution in [2.75, 3.05) is 6.61 Å². The minimum Gasteiger partial charge on any atom is -0.507 e. The second-order valence-electron chi connectivity index (χ2n) is 7.59. The lowest BCUT2D eigenvalue weighted by atomic mass is 9.95. The third kappa shape index (κ3) is 7.51. The maximum Gasteiger partial charge on any atom is 0.131 e. The molecule has 1 atom stereocenters.